The van der Waals surface area contributed by atoms with E-state index in [1.807, 2.05) is 14.0 Å². The molecule has 130 valence electrons. The Morgan fingerprint density at radius 1 is 1.22 bits per heavy atom. The molecule has 3 rings (SSSR count). The molecule has 2 fully saturated rings. The minimum Gasteiger partial charge on any atom is -0.379 e. The lowest BCUT2D eigenvalue weighted by Crippen LogP contribution is -2.59. The molecule has 6 heteroatoms. The fraction of sp³-hybridized carbons (Fsp3) is 0.824. The first-order valence-electron chi connectivity index (χ1n) is 8.84. The molecular weight excluding hydrogens is 312 g/mol. The number of aryl methyl sites for hydroxylation is 2. The van der Waals surface area contributed by atoms with Gasteiger partial charge in [-0.1, -0.05) is 30.9 Å². The van der Waals surface area contributed by atoms with Crippen LogP contribution in [-0.4, -0.2) is 53.1 Å². The predicted molar refractivity (Wildman–Crippen MR) is 92.9 cm³/mol. The van der Waals surface area contributed by atoms with E-state index in [1.165, 1.54) is 32.1 Å². The van der Waals surface area contributed by atoms with Gasteiger partial charge in [0.15, 0.2) is 0 Å². The summed E-state index contributed by atoms with van der Waals surface area (Å²) in [7, 11) is 1.90. The Balaban J connectivity index is 1.64. The molecule has 0 aromatic carbocycles. The third kappa shape index (κ3) is 3.73. The van der Waals surface area contributed by atoms with Crippen molar-refractivity contribution >= 4 is 11.6 Å². The summed E-state index contributed by atoms with van der Waals surface area (Å²) < 4.78 is 7.31. The van der Waals surface area contributed by atoms with Crippen LogP contribution in [0, 0.1) is 6.92 Å². The average molecular weight is 341 g/mol. The third-order valence-corrected chi connectivity index (χ3v) is 5.96. The molecule has 1 aromatic rings. The quantitative estimate of drug-likeness (QED) is 0.894. The van der Waals surface area contributed by atoms with E-state index >= 15 is 0 Å². The van der Waals surface area contributed by atoms with Crippen LogP contribution in [0.4, 0.5) is 0 Å². The van der Waals surface area contributed by atoms with E-state index in [9.17, 15) is 0 Å². The summed E-state index contributed by atoms with van der Waals surface area (Å²) in [6.45, 7) is 7.72. The van der Waals surface area contributed by atoms with E-state index in [0.29, 0.717) is 5.54 Å². The van der Waals surface area contributed by atoms with Crippen molar-refractivity contribution in [1.82, 2.24) is 20.0 Å². The van der Waals surface area contributed by atoms with Crippen molar-refractivity contribution in [2.24, 2.45) is 7.05 Å². The summed E-state index contributed by atoms with van der Waals surface area (Å²) >= 11 is 6.35. The van der Waals surface area contributed by atoms with Gasteiger partial charge >= 0.3 is 0 Å². The lowest BCUT2D eigenvalue weighted by Gasteiger charge is -2.48. The van der Waals surface area contributed by atoms with Crippen molar-refractivity contribution in [3.05, 3.63) is 16.4 Å². The summed E-state index contributed by atoms with van der Waals surface area (Å²) in [6.07, 6.45) is 6.64. The molecule has 1 N–H and O–H groups in total. The molecule has 1 saturated carbocycles. The van der Waals surface area contributed by atoms with E-state index in [0.717, 1.165) is 55.8 Å². The van der Waals surface area contributed by atoms with Gasteiger partial charge in [0, 0.05) is 44.3 Å². The van der Waals surface area contributed by atoms with Crippen molar-refractivity contribution in [1.29, 1.82) is 0 Å². The van der Waals surface area contributed by atoms with Crippen LogP contribution in [0.1, 0.15) is 43.4 Å². The van der Waals surface area contributed by atoms with Gasteiger partial charge in [0.25, 0.3) is 0 Å². The van der Waals surface area contributed by atoms with Gasteiger partial charge in [0.05, 0.1) is 18.9 Å². The molecule has 2 aliphatic rings. The van der Waals surface area contributed by atoms with Gasteiger partial charge in [0.2, 0.25) is 0 Å². The normalized spacial score (nSPS) is 22.4. The Morgan fingerprint density at radius 3 is 2.52 bits per heavy atom. The number of rotatable bonds is 5. The average Bonchev–Trinajstić information content (AvgIpc) is 2.83. The number of hydrogen-bond acceptors (Lipinski definition) is 4. The third-order valence-electron chi connectivity index (χ3n) is 5.49. The Kier molecular flexibility index (Phi) is 5.62. The van der Waals surface area contributed by atoms with Crippen LogP contribution >= 0.6 is 11.6 Å². The molecule has 0 bridgehead atoms. The minimum atomic E-state index is 0.296. The maximum Gasteiger partial charge on any atom is 0.131 e. The summed E-state index contributed by atoms with van der Waals surface area (Å²) in [5, 5.41) is 8.83. The summed E-state index contributed by atoms with van der Waals surface area (Å²) in [4.78, 5) is 2.67. The highest BCUT2D eigenvalue weighted by Crippen LogP contribution is 2.34. The van der Waals surface area contributed by atoms with Crippen LogP contribution in [-0.2, 0) is 18.3 Å². The SMILES string of the molecule is Cc1nn(C)c(Cl)c1CNCC1(N2CCOCC2)CCCCC1. The number of nitrogens with one attached hydrogen (secondary N) is 1. The molecule has 0 spiro atoms. The molecule has 2 heterocycles. The van der Waals surface area contributed by atoms with Crippen LogP contribution in [0.2, 0.25) is 5.15 Å². The Bertz CT molecular complexity index is 519. The Hall–Kier alpha value is -0.620. The zero-order valence-electron chi connectivity index (χ0n) is 14.4. The molecule has 5 nitrogen and oxygen atoms in total. The standard InChI is InChI=1S/C17H29ClN4O/c1-14-15(16(18)21(2)20-14)12-19-13-17(6-4-3-5-7-17)22-8-10-23-11-9-22/h19H,3-13H2,1-2H3. The zero-order chi connectivity index (χ0) is 16.3. The molecule has 1 saturated heterocycles. The second kappa shape index (κ2) is 7.51. The number of halogens is 1. The van der Waals surface area contributed by atoms with Gasteiger partial charge in [-0.3, -0.25) is 9.58 Å². The maximum absolute atomic E-state index is 6.35. The molecule has 0 atom stereocenters. The minimum absolute atomic E-state index is 0.296. The topological polar surface area (TPSA) is 42.3 Å². The fourth-order valence-corrected chi connectivity index (χ4v) is 4.39. The van der Waals surface area contributed by atoms with Gasteiger partial charge in [-0.2, -0.15) is 5.10 Å². The highest BCUT2D eigenvalue weighted by Gasteiger charge is 2.38. The van der Waals surface area contributed by atoms with Gasteiger partial charge in [-0.15, -0.1) is 0 Å². The monoisotopic (exact) mass is 340 g/mol. The number of hydrogen-bond donors (Lipinski definition) is 1. The molecular formula is C17H29ClN4O. The zero-order valence-corrected chi connectivity index (χ0v) is 15.2. The van der Waals surface area contributed by atoms with Gasteiger partial charge in [-0.25, -0.2) is 0 Å². The smallest absolute Gasteiger partial charge is 0.131 e. The van der Waals surface area contributed by atoms with Crippen molar-refractivity contribution in [2.75, 3.05) is 32.8 Å². The largest absolute Gasteiger partial charge is 0.379 e. The number of aromatic nitrogens is 2. The highest BCUT2D eigenvalue weighted by molar-refractivity contribution is 6.30. The van der Waals surface area contributed by atoms with Crippen molar-refractivity contribution in [3.63, 3.8) is 0 Å². The first-order valence-corrected chi connectivity index (χ1v) is 9.22. The maximum atomic E-state index is 6.35. The molecule has 1 aliphatic carbocycles. The fourth-order valence-electron chi connectivity index (χ4n) is 4.15. The van der Waals surface area contributed by atoms with Gasteiger partial charge in [-0.05, 0) is 19.8 Å². The highest BCUT2D eigenvalue weighted by atomic mass is 35.5. The van der Waals surface area contributed by atoms with Gasteiger partial charge < -0.3 is 10.1 Å². The second-order valence-electron chi connectivity index (χ2n) is 6.97. The van der Waals surface area contributed by atoms with Crippen LogP contribution in [0.3, 0.4) is 0 Å². The van der Waals surface area contributed by atoms with E-state index in [1.54, 1.807) is 4.68 Å². The lowest BCUT2D eigenvalue weighted by molar-refractivity contribution is -0.0369. The Labute approximate surface area is 144 Å². The second-order valence-corrected chi connectivity index (χ2v) is 7.32. The first kappa shape index (κ1) is 17.2. The molecule has 0 amide bonds. The lowest BCUT2D eigenvalue weighted by atomic mass is 9.79. The van der Waals surface area contributed by atoms with Crippen molar-refractivity contribution < 1.29 is 4.74 Å². The predicted octanol–water partition coefficient (Wildman–Crippen LogP) is 2.51. The molecule has 1 aromatic heterocycles. The van der Waals surface area contributed by atoms with E-state index < -0.39 is 0 Å². The van der Waals surface area contributed by atoms with E-state index in [2.05, 4.69) is 15.3 Å². The number of morpholine rings is 1. The summed E-state index contributed by atoms with van der Waals surface area (Å²) in [5.41, 5.74) is 2.45. The van der Waals surface area contributed by atoms with E-state index in [-0.39, 0.29) is 0 Å². The molecule has 23 heavy (non-hydrogen) atoms. The summed E-state index contributed by atoms with van der Waals surface area (Å²) in [5.74, 6) is 0. The molecule has 0 unspecified atom stereocenters. The van der Waals surface area contributed by atoms with Crippen LogP contribution in [0.25, 0.3) is 0 Å². The van der Waals surface area contributed by atoms with Crippen LogP contribution < -0.4 is 5.32 Å². The van der Waals surface area contributed by atoms with Gasteiger partial charge in [0.1, 0.15) is 5.15 Å². The number of ether oxygens (including phenoxy) is 1. The molecule has 1 aliphatic heterocycles. The van der Waals surface area contributed by atoms with Crippen molar-refractivity contribution in [2.45, 2.75) is 51.1 Å². The molecule has 0 radical (unpaired) electrons. The van der Waals surface area contributed by atoms with Crippen molar-refractivity contribution in [3.8, 4) is 0 Å². The first-order chi connectivity index (χ1) is 11.1. The number of nitrogens with zero attached hydrogens (tertiary/aromatic N) is 3. The van der Waals surface area contributed by atoms with Crippen LogP contribution in [0.5, 0.6) is 0 Å². The van der Waals surface area contributed by atoms with Crippen LogP contribution in [0.15, 0.2) is 0 Å². The van der Waals surface area contributed by atoms with E-state index in [4.69, 9.17) is 16.3 Å². The Morgan fingerprint density at radius 2 is 1.91 bits per heavy atom. The summed E-state index contributed by atoms with van der Waals surface area (Å²) in [6, 6.07) is 0.